The van der Waals surface area contributed by atoms with Gasteiger partial charge in [-0.1, -0.05) is 0 Å². The monoisotopic (exact) mass is 465 g/mol. The van der Waals surface area contributed by atoms with Crippen molar-refractivity contribution in [3.63, 3.8) is 0 Å². The van der Waals surface area contributed by atoms with Gasteiger partial charge in [0, 0.05) is 67.2 Å². The SMILES string of the molecule is COc1cc(CN2CC3(CN(C(C)=O)C3)c3c([nH]c4cc(OC)ccc34)[C@@H]2CO)cc(OC)c1. The summed E-state index contributed by atoms with van der Waals surface area (Å²) in [6, 6.07) is 11.7. The van der Waals surface area contributed by atoms with Crippen molar-refractivity contribution in [2.24, 2.45) is 0 Å². The third-order valence-corrected chi connectivity index (χ3v) is 7.25. The summed E-state index contributed by atoms with van der Waals surface area (Å²) in [5.41, 5.74) is 4.03. The van der Waals surface area contributed by atoms with Gasteiger partial charge in [-0.2, -0.15) is 0 Å². The molecule has 1 saturated heterocycles. The highest BCUT2D eigenvalue weighted by Gasteiger charge is 2.53. The molecule has 3 aromatic rings. The number of aliphatic hydroxyl groups is 1. The maximum atomic E-state index is 12.1. The molecule has 5 rings (SSSR count). The average Bonchev–Trinajstić information content (AvgIpc) is 3.20. The second-order valence-corrected chi connectivity index (χ2v) is 9.30. The van der Waals surface area contributed by atoms with Crippen molar-refractivity contribution in [1.82, 2.24) is 14.8 Å². The zero-order chi connectivity index (χ0) is 24.0. The molecule has 0 saturated carbocycles. The van der Waals surface area contributed by atoms with E-state index >= 15 is 0 Å². The lowest BCUT2D eigenvalue weighted by Crippen LogP contribution is -2.67. The van der Waals surface area contributed by atoms with Gasteiger partial charge < -0.3 is 29.2 Å². The Hall–Kier alpha value is -3.23. The number of carbonyl (C=O) groups is 1. The standard InChI is InChI=1S/C26H31N3O5/c1-16(31)29-14-26(15-29)13-28(11-17-7-19(33-3)9-20(8-17)34-4)23(12-30)25-24(26)21-6-5-18(32-2)10-22(21)27-25/h5-10,23,27,30H,11-15H2,1-4H3/t23-/m0/s1. The maximum absolute atomic E-state index is 12.1. The molecule has 1 amide bonds. The maximum Gasteiger partial charge on any atom is 0.219 e. The molecule has 0 unspecified atom stereocenters. The minimum Gasteiger partial charge on any atom is -0.497 e. The Balaban J connectivity index is 1.59. The van der Waals surface area contributed by atoms with Crippen LogP contribution in [0.15, 0.2) is 36.4 Å². The molecule has 0 aliphatic carbocycles. The van der Waals surface area contributed by atoms with Crippen LogP contribution in [0.2, 0.25) is 0 Å². The predicted octanol–water partition coefficient (Wildman–Crippen LogP) is 2.84. The predicted molar refractivity (Wildman–Crippen MR) is 129 cm³/mol. The molecule has 8 nitrogen and oxygen atoms in total. The van der Waals surface area contributed by atoms with Gasteiger partial charge in [-0.3, -0.25) is 9.69 Å². The molecular formula is C26H31N3O5. The number of H-pyrrole nitrogens is 1. The van der Waals surface area contributed by atoms with Crippen LogP contribution in [0, 0.1) is 0 Å². The summed E-state index contributed by atoms with van der Waals surface area (Å²) in [7, 11) is 4.93. The minimum absolute atomic E-state index is 0.0233. The molecule has 2 N–H and O–H groups in total. The van der Waals surface area contributed by atoms with Crippen LogP contribution in [0.4, 0.5) is 0 Å². The van der Waals surface area contributed by atoms with E-state index in [2.05, 4.69) is 16.0 Å². The number of likely N-dealkylation sites (tertiary alicyclic amines) is 1. The number of rotatable bonds is 6. The third kappa shape index (κ3) is 3.58. The van der Waals surface area contributed by atoms with Crippen LogP contribution in [-0.4, -0.2) is 73.4 Å². The number of amides is 1. The fourth-order valence-electron chi connectivity index (χ4n) is 5.64. The molecule has 8 heteroatoms. The lowest BCUT2D eigenvalue weighted by molar-refractivity contribution is -0.138. The number of nitrogens with one attached hydrogen (secondary N) is 1. The number of aliphatic hydroxyl groups excluding tert-OH is 1. The number of aromatic amines is 1. The molecular weight excluding hydrogens is 434 g/mol. The zero-order valence-corrected chi connectivity index (χ0v) is 20.1. The van der Waals surface area contributed by atoms with E-state index in [1.165, 1.54) is 5.56 Å². The molecule has 3 heterocycles. The van der Waals surface area contributed by atoms with E-state index in [1.807, 2.05) is 35.2 Å². The molecule has 34 heavy (non-hydrogen) atoms. The molecule has 2 aliphatic rings. The van der Waals surface area contributed by atoms with Crippen LogP contribution < -0.4 is 14.2 Å². The summed E-state index contributed by atoms with van der Waals surface area (Å²) in [4.78, 5) is 19.9. The lowest BCUT2D eigenvalue weighted by atomic mass is 9.68. The Bertz CT molecular complexity index is 1210. The van der Waals surface area contributed by atoms with Gasteiger partial charge in [0.1, 0.15) is 17.2 Å². The van der Waals surface area contributed by atoms with Crippen LogP contribution >= 0.6 is 0 Å². The van der Waals surface area contributed by atoms with Crippen molar-refractivity contribution >= 4 is 16.8 Å². The Kier molecular flexibility index (Phi) is 5.65. The van der Waals surface area contributed by atoms with Crippen molar-refractivity contribution in [2.75, 3.05) is 47.6 Å². The van der Waals surface area contributed by atoms with Gasteiger partial charge in [0.05, 0.1) is 34.0 Å². The number of carbonyl (C=O) groups excluding carboxylic acids is 1. The molecule has 1 aromatic heterocycles. The molecule has 180 valence electrons. The smallest absolute Gasteiger partial charge is 0.219 e. The van der Waals surface area contributed by atoms with Gasteiger partial charge in [-0.15, -0.1) is 0 Å². The Morgan fingerprint density at radius 2 is 1.71 bits per heavy atom. The van der Waals surface area contributed by atoms with E-state index in [1.54, 1.807) is 28.3 Å². The van der Waals surface area contributed by atoms with Crippen LogP contribution in [0.3, 0.4) is 0 Å². The second kappa shape index (κ2) is 8.52. The van der Waals surface area contributed by atoms with Gasteiger partial charge >= 0.3 is 0 Å². The van der Waals surface area contributed by atoms with Crippen molar-refractivity contribution in [2.45, 2.75) is 24.9 Å². The van der Waals surface area contributed by atoms with Crippen LogP contribution in [0.25, 0.3) is 10.9 Å². The van der Waals surface area contributed by atoms with Crippen molar-refractivity contribution in [3.05, 3.63) is 53.2 Å². The van der Waals surface area contributed by atoms with Crippen LogP contribution in [-0.2, 0) is 16.8 Å². The molecule has 1 spiro atoms. The molecule has 1 atom stereocenters. The summed E-state index contributed by atoms with van der Waals surface area (Å²) in [5, 5.41) is 11.6. The fraction of sp³-hybridized carbons (Fsp3) is 0.423. The van der Waals surface area contributed by atoms with Gasteiger partial charge in [0.2, 0.25) is 5.91 Å². The first-order valence-corrected chi connectivity index (χ1v) is 11.4. The van der Waals surface area contributed by atoms with Gasteiger partial charge in [0.15, 0.2) is 0 Å². The average molecular weight is 466 g/mol. The molecule has 2 aromatic carbocycles. The van der Waals surface area contributed by atoms with E-state index in [0.29, 0.717) is 19.6 Å². The first-order valence-electron chi connectivity index (χ1n) is 11.4. The number of benzene rings is 2. The van der Waals surface area contributed by atoms with Gasteiger partial charge in [0.25, 0.3) is 0 Å². The molecule has 1 fully saturated rings. The summed E-state index contributed by atoms with van der Waals surface area (Å²) in [5.74, 6) is 2.32. The Morgan fingerprint density at radius 1 is 1.03 bits per heavy atom. The van der Waals surface area contributed by atoms with E-state index < -0.39 is 0 Å². The van der Waals surface area contributed by atoms with E-state index in [0.717, 1.165) is 46.0 Å². The molecule has 0 radical (unpaired) electrons. The van der Waals surface area contributed by atoms with Crippen molar-refractivity contribution in [3.8, 4) is 17.2 Å². The summed E-state index contributed by atoms with van der Waals surface area (Å²) >= 11 is 0. The van der Waals surface area contributed by atoms with E-state index in [9.17, 15) is 9.90 Å². The number of aromatic nitrogens is 1. The number of ether oxygens (including phenoxy) is 3. The van der Waals surface area contributed by atoms with E-state index in [-0.39, 0.29) is 24.0 Å². The Labute approximate surface area is 199 Å². The first kappa shape index (κ1) is 22.6. The zero-order valence-electron chi connectivity index (χ0n) is 20.1. The van der Waals surface area contributed by atoms with Crippen molar-refractivity contribution in [1.29, 1.82) is 0 Å². The first-order chi connectivity index (χ1) is 16.4. The van der Waals surface area contributed by atoms with Gasteiger partial charge in [-0.25, -0.2) is 0 Å². The van der Waals surface area contributed by atoms with Gasteiger partial charge in [-0.05, 0) is 35.4 Å². The van der Waals surface area contributed by atoms with Crippen molar-refractivity contribution < 1.29 is 24.1 Å². The summed E-state index contributed by atoms with van der Waals surface area (Å²) in [6.07, 6.45) is 0. The fourth-order valence-corrected chi connectivity index (χ4v) is 5.64. The number of hydrogen-bond acceptors (Lipinski definition) is 6. The number of hydrogen-bond donors (Lipinski definition) is 2. The Morgan fingerprint density at radius 3 is 2.29 bits per heavy atom. The highest BCUT2D eigenvalue weighted by molar-refractivity contribution is 5.88. The summed E-state index contributed by atoms with van der Waals surface area (Å²) < 4.78 is 16.4. The summed E-state index contributed by atoms with van der Waals surface area (Å²) in [6.45, 7) is 4.25. The quantitative estimate of drug-likeness (QED) is 0.582. The number of methoxy groups -OCH3 is 3. The topological polar surface area (TPSA) is 87.3 Å². The normalized spacial score (nSPS) is 19.1. The van der Waals surface area contributed by atoms with Crippen LogP contribution in [0.1, 0.15) is 29.8 Å². The number of nitrogens with zero attached hydrogens (tertiary/aromatic N) is 2. The third-order valence-electron chi connectivity index (χ3n) is 7.25. The van der Waals surface area contributed by atoms with E-state index in [4.69, 9.17) is 14.2 Å². The minimum atomic E-state index is -0.206. The molecule has 0 bridgehead atoms. The lowest BCUT2D eigenvalue weighted by Gasteiger charge is -2.56. The highest BCUT2D eigenvalue weighted by atomic mass is 16.5. The number of fused-ring (bicyclic) bond motifs is 4. The highest BCUT2D eigenvalue weighted by Crippen LogP contribution is 2.49. The largest absolute Gasteiger partial charge is 0.497 e. The molecule has 2 aliphatic heterocycles. The van der Waals surface area contributed by atoms with Crippen LogP contribution in [0.5, 0.6) is 17.2 Å². The second-order valence-electron chi connectivity index (χ2n) is 9.30.